The molecule has 8 rings (SSSR count). The van der Waals surface area contributed by atoms with Gasteiger partial charge in [-0.25, -0.2) is 23.9 Å². The zero-order valence-electron chi connectivity index (χ0n) is 39.6. The summed E-state index contributed by atoms with van der Waals surface area (Å²) in [6, 6.07) is 6.85. The minimum Gasteiger partial charge on any atom is -0.465 e. The zero-order valence-corrected chi connectivity index (χ0v) is 39.6. The van der Waals surface area contributed by atoms with E-state index in [1.54, 1.807) is 29.1 Å². The Balaban J connectivity index is 0.987. The van der Waals surface area contributed by atoms with Crippen molar-refractivity contribution in [3.63, 3.8) is 0 Å². The third-order valence-electron chi connectivity index (χ3n) is 14.7. The molecule has 0 radical (unpaired) electrons. The lowest BCUT2D eigenvalue weighted by Crippen LogP contribution is -2.55. The van der Waals surface area contributed by atoms with Gasteiger partial charge in [-0.3, -0.25) is 9.59 Å². The molecule has 4 aromatic rings. The fourth-order valence-corrected chi connectivity index (χ4v) is 11.7. The average Bonchev–Trinajstić information content (AvgIpc) is 4.09. The Morgan fingerprint density at radius 2 is 1.09 bits per heavy atom. The van der Waals surface area contributed by atoms with E-state index in [0.717, 1.165) is 28.8 Å². The third-order valence-corrected chi connectivity index (χ3v) is 14.7. The maximum Gasteiger partial charge on any atom is 0.405 e. The predicted octanol–water partition coefficient (Wildman–Crippen LogP) is 8.67. The second kappa shape index (κ2) is 19.4. The summed E-state index contributed by atoms with van der Waals surface area (Å²) >= 11 is 0. The van der Waals surface area contributed by atoms with Gasteiger partial charge in [0.05, 0.1) is 60.3 Å². The van der Waals surface area contributed by atoms with Gasteiger partial charge < -0.3 is 50.1 Å². The standard InChI is InChI=1S/C50H65FN8O8/c1-24-17-36(31(8)42(51)41(24)38-23-53-46(55-38)40-16-10-26(3)59(40)48(61)44(57-50(64)65)35-20-29(6)67-30(7)21-35)32-11-13-33(14-12-32)37-22-52-45(54-37)39-15-9-25(2)58(39)47(60)43(56-49(62)63)34-18-27(4)66-28(5)19-34/h11-14,17,22-23,25-30,34-35,39-40,43-44,56-57H,9-10,15-16,18-21H2,1-8H3,(H,52,54)(H,53,55)(H,62,63)(H,64,65)/t25-,26-,27+,28+,29+,30+,39-,40-,43-,44-/m0/s1. The summed E-state index contributed by atoms with van der Waals surface area (Å²) in [6.45, 7) is 15.3. The maximum atomic E-state index is 16.6. The number of halogens is 1. The van der Waals surface area contributed by atoms with E-state index in [2.05, 4.69) is 25.6 Å². The van der Waals surface area contributed by atoms with Crippen molar-refractivity contribution < 1.29 is 43.3 Å². The number of aromatic nitrogens is 4. The molecule has 360 valence electrons. The molecule has 17 heteroatoms. The minimum atomic E-state index is -1.25. The molecular formula is C50H65FN8O8. The van der Waals surface area contributed by atoms with Crippen molar-refractivity contribution in [1.29, 1.82) is 0 Å². The number of aromatic amines is 2. The van der Waals surface area contributed by atoms with E-state index in [1.807, 2.05) is 78.8 Å². The molecule has 2 aromatic heterocycles. The van der Waals surface area contributed by atoms with Crippen LogP contribution in [0.2, 0.25) is 0 Å². The minimum absolute atomic E-state index is 0.0885. The van der Waals surface area contributed by atoms with Gasteiger partial charge in [-0.1, -0.05) is 30.3 Å². The number of carbonyl (C=O) groups is 4. The van der Waals surface area contributed by atoms with Gasteiger partial charge >= 0.3 is 12.2 Å². The number of likely N-dealkylation sites (tertiary alicyclic amines) is 2. The van der Waals surface area contributed by atoms with Crippen molar-refractivity contribution >= 4 is 24.0 Å². The lowest BCUT2D eigenvalue weighted by Gasteiger charge is -2.39. The van der Waals surface area contributed by atoms with E-state index < -0.39 is 30.3 Å². The molecule has 4 fully saturated rings. The van der Waals surface area contributed by atoms with Gasteiger partial charge in [-0.15, -0.1) is 0 Å². The highest BCUT2D eigenvalue weighted by Crippen LogP contribution is 2.42. The molecule has 16 nitrogen and oxygen atoms in total. The van der Waals surface area contributed by atoms with E-state index in [1.165, 1.54) is 0 Å². The number of benzene rings is 2. The molecule has 0 unspecified atom stereocenters. The number of amides is 4. The number of carbonyl (C=O) groups excluding carboxylic acids is 2. The van der Waals surface area contributed by atoms with Crippen LogP contribution >= 0.6 is 0 Å². The fourth-order valence-electron chi connectivity index (χ4n) is 11.7. The summed E-state index contributed by atoms with van der Waals surface area (Å²) in [5, 5.41) is 24.6. The van der Waals surface area contributed by atoms with E-state index in [9.17, 15) is 29.4 Å². The van der Waals surface area contributed by atoms with Gasteiger partial charge in [-0.05, 0) is 146 Å². The summed E-state index contributed by atoms with van der Waals surface area (Å²) in [5.41, 5.74) is 5.20. The highest BCUT2D eigenvalue weighted by Gasteiger charge is 2.46. The number of carboxylic acid groups (broad SMARTS) is 2. The van der Waals surface area contributed by atoms with Gasteiger partial charge in [0.2, 0.25) is 11.8 Å². The highest BCUT2D eigenvalue weighted by molar-refractivity contribution is 5.87. The van der Waals surface area contributed by atoms with Crippen LogP contribution in [0.25, 0.3) is 33.6 Å². The van der Waals surface area contributed by atoms with Crippen LogP contribution in [0.5, 0.6) is 0 Å². The first-order valence-electron chi connectivity index (χ1n) is 23.8. The number of hydrogen-bond acceptors (Lipinski definition) is 8. The van der Waals surface area contributed by atoms with Gasteiger partial charge in [0.15, 0.2) is 0 Å². The summed E-state index contributed by atoms with van der Waals surface area (Å²) in [7, 11) is 0. The van der Waals surface area contributed by atoms with Crippen LogP contribution in [-0.2, 0) is 19.1 Å². The molecule has 4 saturated heterocycles. The van der Waals surface area contributed by atoms with Crippen LogP contribution in [0.3, 0.4) is 0 Å². The van der Waals surface area contributed by atoms with Crippen LogP contribution in [0.15, 0.2) is 42.7 Å². The van der Waals surface area contributed by atoms with Crippen molar-refractivity contribution in [3.8, 4) is 33.6 Å². The van der Waals surface area contributed by atoms with Crippen molar-refractivity contribution in [2.45, 2.75) is 167 Å². The lowest BCUT2D eigenvalue weighted by molar-refractivity contribution is -0.141. The number of imidazole rings is 2. The summed E-state index contributed by atoms with van der Waals surface area (Å²) < 4.78 is 28.4. The van der Waals surface area contributed by atoms with Crippen molar-refractivity contribution in [3.05, 3.63) is 71.3 Å². The lowest BCUT2D eigenvalue weighted by atomic mass is 9.85. The molecule has 4 aliphatic rings. The Morgan fingerprint density at radius 3 is 1.54 bits per heavy atom. The van der Waals surface area contributed by atoms with Crippen LogP contribution < -0.4 is 10.6 Å². The molecule has 10 atom stereocenters. The second-order valence-electron chi connectivity index (χ2n) is 19.7. The number of hydrogen-bond donors (Lipinski definition) is 6. The average molecular weight is 925 g/mol. The first kappa shape index (κ1) is 47.7. The number of nitrogens with one attached hydrogen (secondary N) is 4. The largest absolute Gasteiger partial charge is 0.465 e. The Labute approximate surface area is 390 Å². The smallest absolute Gasteiger partial charge is 0.405 e. The Kier molecular flexibility index (Phi) is 13.8. The first-order valence-corrected chi connectivity index (χ1v) is 23.8. The number of H-pyrrole nitrogens is 2. The second-order valence-corrected chi connectivity index (χ2v) is 19.7. The van der Waals surface area contributed by atoms with Gasteiger partial charge in [-0.2, -0.15) is 0 Å². The number of rotatable bonds is 11. The first-order chi connectivity index (χ1) is 31.9. The third kappa shape index (κ3) is 9.80. The van der Waals surface area contributed by atoms with Gasteiger partial charge in [0.25, 0.3) is 0 Å². The van der Waals surface area contributed by atoms with E-state index >= 15 is 4.39 Å². The zero-order chi connectivity index (χ0) is 48.0. The Morgan fingerprint density at radius 1 is 0.672 bits per heavy atom. The fraction of sp³-hybridized carbons (Fsp3) is 0.560. The molecule has 4 amide bonds. The SMILES string of the molecule is Cc1cc(-c2ccc(-c3cnc([C@@H]4CC[C@H](C)N4C(=O)[C@@H](NC(=O)O)C4C[C@@H](C)O[C@H](C)C4)[nH]3)cc2)c(C)c(F)c1-c1cnc([C@@H]2CC[C@H](C)N2C(=O)[C@@H](NC(=O)O)C2C[C@@H](C)O[C@H](C)C2)[nH]1. The molecule has 4 aliphatic heterocycles. The van der Waals surface area contributed by atoms with Crippen LogP contribution in [0.1, 0.15) is 128 Å². The quantitative estimate of drug-likeness (QED) is 0.0842. The van der Waals surface area contributed by atoms with Crippen LogP contribution in [0.4, 0.5) is 14.0 Å². The molecule has 6 N–H and O–H groups in total. The monoisotopic (exact) mass is 924 g/mol. The molecular weight excluding hydrogens is 860 g/mol. The number of ether oxygens (including phenoxy) is 2. The molecule has 6 heterocycles. The van der Waals surface area contributed by atoms with E-state index in [4.69, 9.17) is 14.5 Å². The molecule has 0 aliphatic carbocycles. The summed E-state index contributed by atoms with van der Waals surface area (Å²) in [4.78, 5) is 72.3. The van der Waals surface area contributed by atoms with Gasteiger partial charge in [0.1, 0.15) is 29.5 Å². The van der Waals surface area contributed by atoms with E-state index in [-0.39, 0.29) is 72.0 Å². The topological polar surface area (TPSA) is 215 Å². The van der Waals surface area contributed by atoms with E-state index in [0.29, 0.717) is 79.0 Å². The molecule has 67 heavy (non-hydrogen) atoms. The number of aryl methyl sites for hydroxylation is 1. The van der Waals surface area contributed by atoms with Crippen molar-refractivity contribution in [2.75, 3.05) is 0 Å². The molecule has 2 aromatic carbocycles. The maximum absolute atomic E-state index is 16.6. The van der Waals surface area contributed by atoms with Crippen molar-refractivity contribution in [2.24, 2.45) is 11.8 Å². The van der Waals surface area contributed by atoms with Crippen molar-refractivity contribution in [1.82, 2.24) is 40.4 Å². The van der Waals surface area contributed by atoms with Crippen LogP contribution in [0, 0.1) is 31.5 Å². The summed E-state index contributed by atoms with van der Waals surface area (Å²) in [6.07, 6.45) is 5.50. The van der Waals surface area contributed by atoms with Crippen LogP contribution in [-0.4, -0.2) is 113 Å². The normalized spacial score (nSPS) is 28.6. The molecule has 0 bridgehead atoms. The number of nitrogens with zero attached hydrogens (tertiary/aromatic N) is 4. The Bertz CT molecular complexity index is 2450. The highest BCUT2D eigenvalue weighted by atomic mass is 19.1. The molecule has 0 saturated carbocycles. The molecule has 0 spiro atoms. The Hall–Kier alpha value is -5.81. The summed E-state index contributed by atoms with van der Waals surface area (Å²) in [5.74, 6) is -0.204. The predicted molar refractivity (Wildman–Crippen MR) is 248 cm³/mol. The van der Waals surface area contributed by atoms with Gasteiger partial charge in [0, 0.05) is 17.6 Å².